The molecule has 28 heavy (non-hydrogen) atoms. The second-order valence-corrected chi connectivity index (χ2v) is 6.77. The second kappa shape index (κ2) is 8.48. The fourth-order valence-electron chi connectivity index (χ4n) is 3.28. The Labute approximate surface area is 168 Å². The van der Waals surface area contributed by atoms with Gasteiger partial charge in [0.2, 0.25) is 0 Å². The molecule has 8 heteroatoms. The molecule has 0 radical (unpaired) electrons. The summed E-state index contributed by atoms with van der Waals surface area (Å²) in [5, 5.41) is 11.5. The average molecular weight is 405 g/mol. The molecule has 1 aliphatic heterocycles. The number of nitro benzene ring substituents is 1. The van der Waals surface area contributed by atoms with E-state index in [1.807, 2.05) is 26.0 Å². The van der Waals surface area contributed by atoms with E-state index >= 15 is 0 Å². The molecule has 0 saturated heterocycles. The lowest BCUT2D eigenvalue weighted by atomic mass is 9.98. The van der Waals surface area contributed by atoms with Crippen molar-refractivity contribution in [3.63, 3.8) is 0 Å². The molecular formula is C20H21ClN2O5. The van der Waals surface area contributed by atoms with Gasteiger partial charge in [-0.05, 0) is 55.7 Å². The first-order chi connectivity index (χ1) is 13.4. The molecule has 148 valence electrons. The molecule has 0 aromatic heterocycles. The molecule has 7 nitrogen and oxygen atoms in total. The third kappa shape index (κ3) is 4.04. The van der Waals surface area contributed by atoms with E-state index in [1.54, 1.807) is 4.90 Å². The van der Waals surface area contributed by atoms with Crippen molar-refractivity contribution in [2.24, 2.45) is 0 Å². The zero-order chi connectivity index (χ0) is 20.3. The Hall–Kier alpha value is -2.80. The predicted octanol–water partition coefficient (Wildman–Crippen LogP) is 4.24. The van der Waals surface area contributed by atoms with Crippen LogP contribution in [0.2, 0.25) is 5.02 Å². The van der Waals surface area contributed by atoms with E-state index < -0.39 is 4.92 Å². The highest BCUT2D eigenvalue weighted by molar-refractivity contribution is 6.31. The molecule has 2 aromatic rings. The number of halogens is 1. The Kier molecular flexibility index (Phi) is 6.04. The van der Waals surface area contributed by atoms with Crippen molar-refractivity contribution in [1.82, 2.24) is 4.90 Å². The molecular weight excluding hydrogens is 384 g/mol. The number of fused-ring (bicyclic) bond motifs is 1. The molecule has 1 amide bonds. The van der Waals surface area contributed by atoms with Gasteiger partial charge in [-0.2, -0.15) is 0 Å². The highest BCUT2D eigenvalue weighted by atomic mass is 35.5. The van der Waals surface area contributed by atoms with E-state index in [4.69, 9.17) is 21.1 Å². The lowest BCUT2D eigenvalue weighted by Gasteiger charge is -2.29. The molecule has 0 fully saturated rings. The van der Waals surface area contributed by atoms with Crippen LogP contribution in [-0.4, -0.2) is 35.5 Å². The van der Waals surface area contributed by atoms with Gasteiger partial charge in [-0.25, -0.2) is 0 Å². The van der Waals surface area contributed by atoms with Crippen molar-refractivity contribution in [1.29, 1.82) is 0 Å². The maximum atomic E-state index is 12.9. The number of hydrogen-bond donors (Lipinski definition) is 0. The fraction of sp³-hybridized carbons (Fsp3) is 0.350. The number of nitro groups is 1. The summed E-state index contributed by atoms with van der Waals surface area (Å²) in [6, 6.07) is 7.94. The van der Waals surface area contributed by atoms with Gasteiger partial charge in [-0.1, -0.05) is 11.6 Å². The van der Waals surface area contributed by atoms with Crippen molar-refractivity contribution in [2.75, 3.05) is 19.8 Å². The number of benzene rings is 2. The normalized spacial score (nSPS) is 13.0. The van der Waals surface area contributed by atoms with E-state index in [0.29, 0.717) is 44.2 Å². The van der Waals surface area contributed by atoms with Crippen molar-refractivity contribution < 1.29 is 19.2 Å². The summed E-state index contributed by atoms with van der Waals surface area (Å²) >= 11 is 5.85. The minimum atomic E-state index is -0.585. The maximum absolute atomic E-state index is 12.9. The van der Waals surface area contributed by atoms with Crippen LogP contribution in [0.15, 0.2) is 30.3 Å². The Morgan fingerprint density at radius 3 is 2.39 bits per heavy atom. The summed E-state index contributed by atoms with van der Waals surface area (Å²) in [4.78, 5) is 25.3. The van der Waals surface area contributed by atoms with E-state index in [1.165, 1.54) is 18.2 Å². The van der Waals surface area contributed by atoms with Crippen LogP contribution in [0.25, 0.3) is 0 Å². The molecule has 3 rings (SSSR count). The zero-order valence-electron chi connectivity index (χ0n) is 15.7. The Bertz CT molecular complexity index is 916. The number of amides is 1. The number of hydrogen-bond acceptors (Lipinski definition) is 5. The van der Waals surface area contributed by atoms with E-state index in [0.717, 1.165) is 11.1 Å². The number of ether oxygens (including phenoxy) is 2. The van der Waals surface area contributed by atoms with Crippen molar-refractivity contribution in [2.45, 2.75) is 26.8 Å². The maximum Gasteiger partial charge on any atom is 0.283 e. The molecule has 0 unspecified atom stereocenters. The van der Waals surface area contributed by atoms with E-state index in [9.17, 15) is 14.9 Å². The van der Waals surface area contributed by atoms with Crippen LogP contribution in [0, 0.1) is 10.1 Å². The van der Waals surface area contributed by atoms with Gasteiger partial charge < -0.3 is 14.4 Å². The molecule has 0 N–H and O–H groups in total. The Morgan fingerprint density at radius 1 is 1.14 bits per heavy atom. The number of rotatable bonds is 6. The van der Waals surface area contributed by atoms with Gasteiger partial charge in [0, 0.05) is 24.2 Å². The van der Waals surface area contributed by atoms with Gasteiger partial charge in [0.05, 0.1) is 18.1 Å². The van der Waals surface area contributed by atoms with Crippen LogP contribution in [-0.2, 0) is 13.0 Å². The molecule has 0 atom stereocenters. The third-order valence-corrected chi connectivity index (χ3v) is 4.79. The fourth-order valence-corrected chi connectivity index (χ4v) is 3.45. The van der Waals surface area contributed by atoms with Crippen LogP contribution in [0.1, 0.15) is 35.3 Å². The highest BCUT2D eigenvalue weighted by Gasteiger charge is 2.28. The molecule has 0 bridgehead atoms. The molecule has 0 aliphatic carbocycles. The number of nitrogens with zero attached hydrogens (tertiary/aromatic N) is 2. The highest BCUT2D eigenvalue weighted by Crippen LogP contribution is 2.34. The summed E-state index contributed by atoms with van der Waals surface area (Å²) in [6.07, 6.45) is 0.634. The first kappa shape index (κ1) is 19.9. The Balaban J connectivity index is 1.90. The quantitative estimate of drug-likeness (QED) is 0.531. The monoisotopic (exact) mass is 404 g/mol. The standard InChI is InChI=1S/C20H21ClN2O5/c1-3-27-18-9-13-7-8-22(12-14(13)10-19(18)28-4-2)20(24)16-6-5-15(21)11-17(16)23(25)26/h5-6,9-11H,3-4,7-8,12H2,1-2H3. The smallest absolute Gasteiger partial charge is 0.283 e. The average Bonchev–Trinajstić information content (AvgIpc) is 2.68. The first-order valence-electron chi connectivity index (χ1n) is 9.09. The summed E-state index contributed by atoms with van der Waals surface area (Å²) < 4.78 is 11.3. The summed E-state index contributed by atoms with van der Waals surface area (Å²) in [6.45, 7) is 5.65. The van der Waals surface area contributed by atoms with Gasteiger partial charge >= 0.3 is 0 Å². The summed E-state index contributed by atoms with van der Waals surface area (Å²) in [5.74, 6) is 0.937. The number of carbonyl (C=O) groups is 1. The lowest BCUT2D eigenvalue weighted by Crippen LogP contribution is -2.36. The number of carbonyl (C=O) groups excluding carboxylic acids is 1. The van der Waals surface area contributed by atoms with Gasteiger partial charge in [0.15, 0.2) is 11.5 Å². The van der Waals surface area contributed by atoms with Crippen molar-refractivity contribution >= 4 is 23.2 Å². The minimum Gasteiger partial charge on any atom is -0.490 e. The summed E-state index contributed by atoms with van der Waals surface area (Å²) in [5.41, 5.74) is 1.78. The van der Waals surface area contributed by atoms with Crippen LogP contribution in [0.5, 0.6) is 11.5 Å². The minimum absolute atomic E-state index is 0.0359. The predicted molar refractivity (Wildman–Crippen MR) is 105 cm³/mol. The topological polar surface area (TPSA) is 81.9 Å². The van der Waals surface area contributed by atoms with Crippen LogP contribution < -0.4 is 9.47 Å². The van der Waals surface area contributed by atoms with Crippen LogP contribution >= 0.6 is 11.6 Å². The van der Waals surface area contributed by atoms with Crippen molar-refractivity contribution in [3.8, 4) is 11.5 Å². The molecule has 1 heterocycles. The van der Waals surface area contributed by atoms with Crippen LogP contribution in [0.4, 0.5) is 5.69 Å². The zero-order valence-corrected chi connectivity index (χ0v) is 16.5. The van der Waals surface area contributed by atoms with Gasteiger partial charge in [-0.3, -0.25) is 14.9 Å². The van der Waals surface area contributed by atoms with Gasteiger partial charge in [0.1, 0.15) is 5.56 Å². The largest absolute Gasteiger partial charge is 0.490 e. The van der Waals surface area contributed by atoms with Crippen LogP contribution in [0.3, 0.4) is 0 Å². The first-order valence-corrected chi connectivity index (χ1v) is 9.47. The lowest BCUT2D eigenvalue weighted by molar-refractivity contribution is -0.385. The third-order valence-electron chi connectivity index (χ3n) is 4.55. The van der Waals surface area contributed by atoms with Gasteiger partial charge in [-0.15, -0.1) is 0 Å². The molecule has 0 saturated carbocycles. The van der Waals surface area contributed by atoms with E-state index in [2.05, 4.69) is 0 Å². The van der Waals surface area contributed by atoms with Crippen molar-refractivity contribution in [3.05, 3.63) is 62.2 Å². The summed E-state index contributed by atoms with van der Waals surface area (Å²) in [7, 11) is 0. The Morgan fingerprint density at radius 2 is 1.79 bits per heavy atom. The molecule has 2 aromatic carbocycles. The van der Waals surface area contributed by atoms with Gasteiger partial charge in [0.25, 0.3) is 11.6 Å². The van der Waals surface area contributed by atoms with E-state index in [-0.39, 0.29) is 22.2 Å². The molecule has 0 spiro atoms. The SMILES string of the molecule is CCOc1cc2c(cc1OCC)CN(C(=O)c1ccc(Cl)cc1[N+](=O)[O-])CC2. The second-order valence-electron chi connectivity index (χ2n) is 6.33. The molecule has 1 aliphatic rings.